The van der Waals surface area contributed by atoms with Crippen LogP contribution in [0.3, 0.4) is 0 Å². The van der Waals surface area contributed by atoms with Crippen LogP contribution < -0.4 is 18.9 Å². The van der Waals surface area contributed by atoms with E-state index in [-0.39, 0.29) is 26.4 Å². The highest BCUT2D eigenvalue weighted by atomic mass is 32.2. The van der Waals surface area contributed by atoms with Crippen LogP contribution in [0.15, 0.2) is 202 Å². The molecule has 0 aromatic heterocycles. The second kappa shape index (κ2) is 18.5. The average molecular weight is 901 g/mol. The van der Waals surface area contributed by atoms with Crippen LogP contribution in [0, 0.1) is 0 Å². The van der Waals surface area contributed by atoms with Gasteiger partial charge in [0, 0.05) is 53.0 Å². The first-order valence-electron chi connectivity index (χ1n) is 22.1. The molecule has 10 aromatic carbocycles. The van der Waals surface area contributed by atoms with E-state index < -0.39 is 0 Å². The summed E-state index contributed by atoms with van der Waals surface area (Å²) in [5.74, 6) is 2.87. The van der Waals surface area contributed by atoms with Gasteiger partial charge in [-0.25, -0.2) is 0 Å². The van der Waals surface area contributed by atoms with Gasteiger partial charge in [0.15, 0.2) is 0 Å². The van der Waals surface area contributed by atoms with Gasteiger partial charge in [0.1, 0.15) is 49.4 Å². The Kier molecular flexibility index (Phi) is 11.7. The average Bonchev–Trinajstić information content (AvgIpc) is 3.37. The summed E-state index contributed by atoms with van der Waals surface area (Å²) in [6.07, 6.45) is 0. The van der Waals surface area contributed by atoms with Crippen molar-refractivity contribution in [3.63, 3.8) is 0 Å². The second-order valence-electron chi connectivity index (χ2n) is 16.1. The van der Waals surface area contributed by atoms with E-state index in [0.717, 1.165) is 97.8 Å². The first kappa shape index (κ1) is 41.7. The van der Waals surface area contributed by atoms with Crippen molar-refractivity contribution in [3.8, 4) is 45.3 Å². The van der Waals surface area contributed by atoms with Gasteiger partial charge in [-0.05, 0) is 79.5 Å². The van der Waals surface area contributed by atoms with Gasteiger partial charge in [0.05, 0.1) is 13.2 Å². The summed E-state index contributed by atoms with van der Waals surface area (Å²) in [4.78, 5) is 4.69. The molecule has 1 aliphatic heterocycles. The largest absolute Gasteiger partial charge is 0.491 e. The van der Waals surface area contributed by atoms with E-state index in [1.807, 2.05) is 36.4 Å². The molecule has 66 heavy (non-hydrogen) atoms. The Hall–Kier alpha value is -6.94. The number of aliphatic hydroxyl groups excluding tert-OH is 2. The number of benzene rings is 10. The fraction of sp³-hybridized carbons (Fsp3) is 0.103. The predicted molar refractivity (Wildman–Crippen MR) is 269 cm³/mol. The van der Waals surface area contributed by atoms with Gasteiger partial charge in [-0.15, -0.1) is 0 Å². The highest BCUT2D eigenvalue weighted by Crippen LogP contribution is 2.53. The molecule has 0 aliphatic carbocycles. The first-order valence-corrected chi connectivity index (χ1v) is 23.7. The highest BCUT2D eigenvalue weighted by Gasteiger charge is 2.26. The predicted octanol–water partition coefficient (Wildman–Crippen LogP) is 14.1. The maximum absolute atomic E-state index is 9.80. The van der Waals surface area contributed by atoms with E-state index in [2.05, 4.69) is 146 Å². The van der Waals surface area contributed by atoms with Crippen LogP contribution in [0.1, 0.15) is 11.1 Å². The van der Waals surface area contributed by atoms with Gasteiger partial charge in [0.25, 0.3) is 0 Å². The summed E-state index contributed by atoms with van der Waals surface area (Å²) in [6.45, 7) is 0.825. The van der Waals surface area contributed by atoms with Crippen LogP contribution in [0.5, 0.6) is 23.0 Å². The molecular formula is C58H44O6S2. The van der Waals surface area contributed by atoms with E-state index in [1.54, 1.807) is 23.5 Å². The lowest BCUT2D eigenvalue weighted by atomic mass is 9.92. The zero-order valence-corrected chi connectivity index (χ0v) is 37.5. The standard InChI is InChI=1S/C58H44O6S2/c59-31-33-61-47-27-23-37-11-1-5-15-43(37)53(47)55-45-17-7-3-13-39(45)25-29-49(55)63-35-41-21-22-42(58-57(41)65-51-19-9-10-20-52(51)66-58)36-64-50-30-26-40-14-4-8-18-46(40)56(50)54-44-16-6-2-12-38(44)24-28-48(54)62-34-32-60/h1-30,59-60H,31-36H2. The zero-order chi connectivity index (χ0) is 44.4. The minimum Gasteiger partial charge on any atom is -0.491 e. The Bertz CT molecular complexity index is 3210. The summed E-state index contributed by atoms with van der Waals surface area (Å²) < 4.78 is 26.5. The van der Waals surface area contributed by atoms with Crippen LogP contribution in [0.4, 0.5) is 0 Å². The summed E-state index contributed by atoms with van der Waals surface area (Å²) in [5, 5.41) is 28.2. The number of rotatable bonds is 14. The topological polar surface area (TPSA) is 77.4 Å². The summed E-state index contributed by atoms with van der Waals surface area (Å²) in [5.41, 5.74) is 5.92. The minimum atomic E-state index is -0.0922. The second-order valence-corrected chi connectivity index (χ2v) is 18.2. The Morgan fingerprint density at radius 3 is 0.955 bits per heavy atom. The molecule has 0 amide bonds. The third-order valence-electron chi connectivity index (χ3n) is 12.1. The molecule has 6 nitrogen and oxygen atoms in total. The van der Waals surface area contributed by atoms with E-state index in [0.29, 0.717) is 24.7 Å². The highest BCUT2D eigenvalue weighted by molar-refractivity contribution is 8.05. The fourth-order valence-electron chi connectivity index (χ4n) is 9.08. The molecule has 0 saturated carbocycles. The van der Waals surface area contributed by atoms with E-state index in [4.69, 9.17) is 18.9 Å². The van der Waals surface area contributed by atoms with Crippen LogP contribution in [-0.4, -0.2) is 36.6 Å². The van der Waals surface area contributed by atoms with Crippen molar-refractivity contribution in [1.29, 1.82) is 0 Å². The van der Waals surface area contributed by atoms with Crippen molar-refractivity contribution >= 4 is 66.6 Å². The van der Waals surface area contributed by atoms with Crippen LogP contribution in [0.25, 0.3) is 65.3 Å². The molecule has 0 spiro atoms. The molecule has 0 fully saturated rings. The third-order valence-corrected chi connectivity index (χ3v) is 14.8. The number of fused-ring (bicyclic) bond motifs is 6. The summed E-state index contributed by atoms with van der Waals surface area (Å²) >= 11 is 3.54. The lowest BCUT2D eigenvalue weighted by molar-refractivity contribution is 0.202. The summed E-state index contributed by atoms with van der Waals surface area (Å²) in [7, 11) is 0. The van der Waals surface area contributed by atoms with Crippen molar-refractivity contribution in [2.45, 2.75) is 32.8 Å². The van der Waals surface area contributed by atoms with Gasteiger partial charge in [-0.2, -0.15) is 0 Å². The van der Waals surface area contributed by atoms with Crippen molar-refractivity contribution in [2.24, 2.45) is 0 Å². The molecule has 10 aromatic rings. The van der Waals surface area contributed by atoms with Crippen molar-refractivity contribution in [2.75, 3.05) is 26.4 Å². The maximum atomic E-state index is 9.80. The third kappa shape index (κ3) is 7.86. The Balaban J connectivity index is 0.991. The molecule has 11 rings (SSSR count). The lowest BCUT2D eigenvalue weighted by Gasteiger charge is -2.25. The zero-order valence-electron chi connectivity index (χ0n) is 35.9. The SMILES string of the molecule is OCCOc1ccc2ccccc2c1-c1c(OCc2ccc(COc3ccc4ccccc4c3-c3c(OCCO)ccc4ccccc34)c3c2Sc2ccccc2S3)ccc2ccccc12. The Morgan fingerprint density at radius 1 is 0.318 bits per heavy atom. The molecule has 0 unspecified atom stereocenters. The van der Waals surface area contributed by atoms with E-state index >= 15 is 0 Å². The van der Waals surface area contributed by atoms with Crippen molar-refractivity contribution in [3.05, 3.63) is 193 Å². The normalized spacial score (nSPS) is 12.0. The smallest absolute Gasteiger partial charge is 0.128 e. The molecule has 0 saturated heterocycles. The van der Waals surface area contributed by atoms with Crippen molar-refractivity contribution < 1.29 is 29.2 Å². The molecule has 0 atom stereocenters. The number of aliphatic hydroxyl groups is 2. The van der Waals surface area contributed by atoms with Gasteiger partial charge in [-0.1, -0.05) is 169 Å². The van der Waals surface area contributed by atoms with E-state index in [9.17, 15) is 10.2 Å². The van der Waals surface area contributed by atoms with E-state index in [1.165, 1.54) is 9.79 Å². The van der Waals surface area contributed by atoms with Crippen LogP contribution in [0.2, 0.25) is 0 Å². The molecule has 0 radical (unpaired) electrons. The van der Waals surface area contributed by atoms with Crippen LogP contribution in [-0.2, 0) is 13.2 Å². The minimum absolute atomic E-state index is 0.0922. The molecular weight excluding hydrogens is 857 g/mol. The van der Waals surface area contributed by atoms with Gasteiger partial charge < -0.3 is 29.2 Å². The molecule has 0 bridgehead atoms. The molecule has 1 aliphatic rings. The number of ether oxygens (including phenoxy) is 4. The lowest BCUT2D eigenvalue weighted by Crippen LogP contribution is -2.07. The molecule has 324 valence electrons. The molecule has 1 heterocycles. The first-order chi connectivity index (χ1) is 32.7. The monoisotopic (exact) mass is 900 g/mol. The summed E-state index contributed by atoms with van der Waals surface area (Å²) in [6, 6.07) is 62.8. The fourth-order valence-corrected chi connectivity index (χ4v) is 11.6. The number of hydrogen-bond donors (Lipinski definition) is 2. The maximum Gasteiger partial charge on any atom is 0.128 e. The van der Waals surface area contributed by atoms with Gasteiger partial charge in [-0.3, -0.25) is 0 Å². The number of hydrogen-bond acceptors (Lipinski definition) is 8. The van der Waals surface area contributed by atoms with Gasteiger partial charge in [0.2, 0.25) is 0 Å². The Labute approximate surface area is 391 Å². The van der Waals surface area contributed by atoms with Crippen LogP contribution >= 0.6 is 23.5 Å². The van der Waals surface area contributed by atoms with Gasteiger partial charge >= 0.3 is 0 Å². The van der Waals surface area contributed by atoms with Crippen molar-refractivity contribution in [1.82, 2.24) is 0 Å². The molecule has 2 N–H and O–H groups in total. The quantitative estimate of drug-likeness (QED) is 0.112. The molecule has 8 heteroatoms. The Morgan fingerprint density at radius 2 is 0.621 bits per heavy atom.